The van der Waals surface area contributed by atoms with Crippen molar-refractivity contribution >= 4 is 5.91 Å². The summed E-state index contributed by atoms with van der Waals surface area (Å²) in [6.45, 7) is 3.70. The highest BCUT2D eigenvalue weighted by Crippen LogP contribution is 2.09. The highest BCUT2D eigenvalue weighted by atomic mass is 16.3. The number of carbonyl (C=O) groups is 1. The first-order valence-electron chi connectivity index (χ1n) is 7.95. The standard InChI is InChI=1S/C17H26N2O2/c20-16-9-13-19(14-10-16)12-4-11-18-17(21)8-7-15-5-2-1-3-6-15/h1-3,5-6,16,20H,4,7-14H2,(H,18,21). The summed E-state index contributed by atoms with van der Waals surface area (Å²) in [4.78, 5) is 14.1. The molecule has 0 saturated carbocycles. The van der Waals surface area contributed by atoms with Crippen molar-refractivity contribution in [1.82, 2.24) is 10.2 Å². The van der Waals surface area contributed by atoms with Crippen molar-refractivity contribution in [2.75, 3.05) is 26.2 Å². The normalized spacial score (nSPS) is 16.8. The monoisotopic (exact) mass is 290 g/mol. The molecule has 1 aliphatic heterocycles. The lowest BCUT2D eigenvalue weighted by atomic mass is 10.1. The van der Waals surface area contributed by atoms with Gasteiger partial charge in [0.2, 0.25) is 5.91 Å². The van der Waals surface area contributed by atoms with Gasteiger partial charge in [0.05, 0.1) is 6.10 Å². The molecule has 1 aliphatic rings. The minimum absolute atomic E-state index is 0.112. The lowest BCUT2D eigenvalue weighted by molar-refractivity contribution is -0.121. The topological polar surface area (TPSA) is 52.6 Å². The van der Waals surface area contributed by atoms with Crippen molar-refractivity contribution in [2.45, 2.75) is 38.2 Å². The molecule has 4 nitrogen and oxygen atoms in total. The van der Waals surface area contributed by atoms with Crippen LogP contribution in [-0.2, 0) is 11.2 Å². The second-order valence-electron chi connectivity index (χ2n) is 5.76. The van der Waals surface area contributed by atoms with Crippen LogP contribution in [0.5, 0.6) is 0 Å². The van der Waals surface area contributed by atoms with E-state index in [4.69, 9.17) is 0 Å². The van der Waals surface area contributed by atoms with E-state index in [2.05, 4.69) is 22.3 Å². The van der Waals surface area contributed by atoms with Gasteiger partial charge >= 0.3 is 0 Å². The predicted molar refractivity (Wildman–Crippen MR) is 84.1 cm³/mol. The fourth-order valence-corrected chi connectivity index (χ4v) is 2.66. The molecule has 21 heavy (non-hydrogen) atoms. The van der Waals surface area contributed by atoms with Crippen LogP contribution >= 0.6 is 0 Å². The molecule has 2 rings (SSSR count). The Kier molecular flexibility index (Phi) is 6.70. The number of piperidine rings is 1. The molecule has 0 unspecified atom stereocenters. The summed E-state index contributed by atoms with van der Waals surface area (Å²) in [7, 11) is 0. The molecule has 1 aromatic carbocycles. The highest BCUT2D eigenvalue weighted by molar-refractivity contribution is 5.76. The third kappa shape index (κ3) is 6.27. The van der Waals surface area contributed by atoms with Crippen molar-refractivity contribution in [3.05, 3.63) is 35.9 Å². The number of hydrogen-bond donors (Lipinski definition) is 2. The lowest BCUT2D eigenvalue weighted by Crippen LogP contribution is -2.37. The van der Waals surface area contributed by atoms with Gasteiger partial charge in [-0.05, 0) is 37.8 Å². The van der Waals surface area contributed by atoms with Crippen LogP contribution in [0.1, 0.15) is 31.2 Å². The molecule has 0 aliphatic carbocycles. The van der Waals surface area contributed by atoms with E-state index >= 15 is 0 Å². The molecule has 1 amide bonds. The minimum atomic E-state index is -0.112. The smallest absolute Gasteiger partial charge is 0.220 e. The average molecular weight is 290 g/mol. The van der Waals surface area contributed by atoms with Crippen molar-refractivity contribution in [3.8, 4) is 0 Å². The number of likely N-dealkylation sites (tertiary alicyclic amines) is 1. The largest absolute Gasteiger partial charge is 0.393 e. The summed E-state index contributed by atoms with van der Waals surface area (Å²) < 4.78 is 0. The number of aryl methyl sites for hydroxylation is 1. The van der Waals surface area contributed by atoms with Gasteiger partial charge in [0, 0.05) is 26.1 Å². The van der Waals surface area contributed by atoms with E-state index in [1.54, 1.807) is 0 Å². The number of carbonyl (C=O) groups excluding carboxylic acids is 1. The van der Waals surface area contributed by atoms with Crippen LogP contribution in [0.15, 0.2) is 30.3 Å². The van der Waals surface area contributed by atoms with Gasteiger partial charge in [0.1, 0.15) is 0 Å². The Labute approximate surface area is 127 Å². The Bertz CT molecular complexity index is 414. The second kappa shape index (κ2) is 8.80. The van der Waals surface area contributed by atoms with Crippen LogP contribution in [0.2, 0.25) is 0 Å². The third-order valence-corrected chi connectivity index (χ3v) is 4.01. The number of benzene rings is 1. The van der Waals surface area contributed by atoms with E-state index in [0.717, 1.165) is 51.9 Å². The summed E-state index contributed by atoms with van der Waals surface area (Å²) >= 11 is 0. The molecular formula is C17H26N2O2. The molecule has 116 valence electrons. The zero-order chi connectivity index (χ0) is 14.9. The average Bonchev–Trinajstić information content (AvgIpc) is 2.52. The number of aliphatic hydroxyl groups is 1. The van der Waals surface area contributed by atoms with E-state index in [9.17, 15) is 9.90 Å². The van der Waals surface area contributed by atoms with Gasteiger partial charge in [-0.1, -0.05) is 30.3 Å². The SMILES string of the molecule is O=C(CCc1ccccc1)NCCCN1CCC(O)CC1. The summed E-state index contributed by atoms with van der Waals surface area (Å²) in [5, 5.41) is 12.4. The van der Waals surface area contributed by atoms with Gasteiger partial charge in [-0.25, -0.2) is 0 Å². The van der Waals surface area contributed by atoms with Gasteiger partial charge in [0.25, 0.3) is 0 Å². The summed E-state index contributed by atoms with van der Waals surface area (Å²) in [6.07, 6.45) is 3.98. The van der Waals surface area contributed by atoms with Crippen LogP contribution < -0.4 is 5.32 Å². The van der Waals surface area contributed by atoms with Crippen molar-refractivity contribution in [2.24, 2.45) is 0 Å². The Morgan fingerprint density at radius 1 is 1.24 bits per heavy atom. The van der Waals surface area contributed by atoms with Gasteiger partial charge < -0.3 is 15.3 Å². The maximum Gasteiger partial charge on any atom is 0.220 e. The summed E-state index contributed by atoms with van der Waals surface area (Å²) in [6, 6.07) is 10.1. The minimum Gasteiger partial charge on any atom is -0.393 e. The van der Waals surface area contributed by atoms with Crippen LogP contribution in [0.25, 0.3) is 0 Å². The maximum atomic E-state index is 11.8. The highest BCUT2D eigenvalue weighted by Gasteiger charge is 2.16. The molecule has 4 heteroatoms. The van der Waals surface area contributed by atoms with Gasteiger partial charge in [-0.3, -0.25) is 4.79 Å². The first-order valence-corrected chi connectivity index (χ1v) is 7.95. The van der Waals surface area contributed by atoms with Gasteiger partial charge in [-0.15, -0.1) is 0 Å². The van der Waals surface area contributed by atoms with Gasteiger partial charge in [0.15, 0.2) is 0 Å². The fraction of sp³-hybridized carbons (Fsp3) is 0.588. The molecule has 1 aromatic rings. The van der Waals surface area contributed by atoms with Crippen LogP contribution in [0, 0.1) is 0 Å². The van der Waals surface area contributed by atoms with Gasteiger partial charge in [-0.2, -0.15) is 0 Å². The second-order valence-corrected chi connectivity index (χ2v) is 5.76. The number of hydrogen-bond acceptors (Lipinski definition) is 3. The zero-order valence-corrected chi connectivity index (χ0v) is 12.6. The molecule has 0 atom stereocenters. The number of rotatable bonds is 7. The quantitative estimate of drug-likeness (QED) is 0.750. The number of nitrogens with one attached hydrogen (secondary N) is 1. The Hall–Kier alpha value is -1.39. The van der Waals surface area contributed by atoms with Crippen molar-refractivity contribution in [1.29, 1.82) is 0 Å². The first-order chi connectivity index (χ1) is 10.2. The lowest BCUT2D eigenvalue weighted by Gasteiger charge is -2.29. The number of nitrogens with zero attached hydrogens (tertiary/aromatic N) is 1. The molecule has 1 heterocycles. The van der Waals surface area contributed by atoms with Crippen LogP contribution in [0.4, 0.5) is 0 Å². The Balaban J connectivity index is 1.51. The van der Waals surface area contributed by atoms with Crippen LogP contribution in [0.3, 0.4) is 0 Å². The molecule has 0 aromatic heterocycles. The van der Waals surface area contributed by atoms with Crippen molar-refractivity contribution in [3.63, 3.8) is 0 Å². The molecule has 1 fully saturated rings. The Morgan fingerprint density at radius 3 is 2.67 bits per heavy atom. The maximum absolute atomic E-state index is 11.8. The van der Waals surface area contributed by atoms with E-state index in [0.29, 0.717) is 6.42 Å². The zero-order valence-electron chi connectivity index (χ0n) is 12.6. The molecule has 2 N–H and O–H groups in total. The van der Waals surface area contributed by atoms with E-state index in [-0.39, 0.29) is 12.0 Å². The van der Waals surface area contributed by atoms with Crippen molar-refractivity contribution < 1.29 is 9.90 Å². The van der Waals surface area contributed by atoms with E-state index < -0.39 is 0 Å². The first kappa shape index (κ1) is 16.0. The fourth-order valence-electron chi connectivity index (χ4n) is 2.66. The number of amides is 1. The van der Waals surface area contributed by atoms with Crippen LogP contribution in [-0.4, -0.2) is 48.2 Å². The third-order valence-electron chi connectivity index (χ3n) is 4.01. The van der Waals surface area contributed by atoms with E-state index in [1.807, 2.05) is 18.2 Å². The number of aliphatic hydroxyl groups excluding tert-OH is 1. The molecular weight excluding hydrogens is 264 g/mol. The molecule has 1 saturated heterocycles. The predicted octanol–water partition coefficient (Wildman–Crippen LogP) is 1.58. The Morgan fingerprint density at radius 2 is 1.95 bits per heavy atom. The molecule has 0 radical (unpaired) electrons. The summed E-state index contributed by atoms with van der Waals surface area (Å²) in [5.74, 6) is 0.132. The molecule has 0 bridgehead atoms. The van der Waals surface area contributed by atoms with E-state index in [1.165, 1.54) is 5.56 Å². The summed E-state index contributed by atoms with van der Waals surface area (Å²) in [5.41, 5.74) is 1.21. The molecule has 0 spiro atoms.